The molecule has 0 unspecified atom stereocenters. The Balaban J connectivity index is 1.72. The number of methoxy groups -OCH3 is 2. The van der Waals surface area contributed by atoms with Crippen LogP contribution < -0.4 is 10.6 Å². The molecule has 0 bridgehead atoms. The second-order valence-electron chi connectivity index (χ2n) is 7.81. The number of ether oxygens (including phenoxy) is 2. The molecule has 10 heteroatoms. The number of benzene rings is 2. The summed E-state index contributed by atoms with van der Waals surface area (Å²) in [7, 11) is 2.98. The Kier molecular flexibility index (Phi) is 7.40. The normalized spacial score (nSPS) is 15.1. The number of halogens is 3. The summed E-state index contributed by atoms with van der Waals surface area (Å²) in [4.78, 5) is 14.2. The number of β-amino-alcohol motifs (C(OH)–C–C–N with tert-alkyl or cyclic N) is 1. The predicted molar refractivity (Wildman–Crippen MR) is 112 cm³/mol. The first-order valence-electron chi connectivity index (χ1n) is 9.96. The molecule has 0 radical (unpaired) electrons. The second-order valence-corrected chi connectivity index (χ2v) is 7.81. The van der Waals surface area contributed by atoms with Gasteiger partial charge in [0.25, 0.3) is 5.91 Å². The molecule has 0 spiro atoms. The highest BCUT2D eigenvalue weighted by molar-refractivity contribution is 6.01. The fraction of sp³-hybridized carbons (Fsp3) is 0.409. The summed E-state index contributed by atoms with van der Waals surface area (Å²) in [6.07, 6.45) is -0.477. The first-order chi connectivity index (χ1) is 15.2. The number of hydrogen-bond acceptors (Lipinski definition) is 6. The highest BCUT2D eigenvalue weighted by atomic mass is 19.2. The molecule has 3 rings (SSSR count). The zero-order valence-electron chi connectivity index (χ0n) is 18.0. The van der Waals surface area contributed by atoms with E-state index in [-0.39, 0.29) is 30.9 Å². The van der Waals surface area contributed by atoms with Gasteiger partial charge in [-0.2, -0.15) is 0 Å². The maximum Gasteiger partial charge on any atom is 0.256 e. The molecular weight excluding hydrogens is 427 g/mol. The van der Waals surface area contributed by atoms with Crippen LogP contribution in [0.5, 0.6) is 0 Å². The van der Waals surface area contributed by atoms with Crippen LogP contribution in [-0.4, -0.2) is 68.2 Å². The molecule has 1 saturated heterocycles. The van der Waals surface area contributed by atoms with E-state index in [1.54, 1.807) is 13.0 Å². The van der Waals surface area contributed by atoms with Gasteiger partial charge in [-0.25, -0.2) is 13.2 Å². The van der Waals surface area contributed by atoms with E-state index in [9.17, 15) is 23.1 Å². The van der Waals surface area contributed by atoms with Crippen molar-refractivity contribution in [1.29, 1.82) is 0 Å². The molecule has 32 heavy (non-hydrogen) atoms. The van der Waals surface area contributed by atoms with E-state index in [1.165, 1.54) is 31.3 Å². The van der Waals surface area contributed by atoms with Gasteiger partial charge in [0.1, 0.15) is 11.4 Å². The number of rotatable bonds is 9. The van der Waals surface area contributed by atoms with Crippen molar-refractivity contribution in [3.8, 4) is 0 Å². The molecule has 0 aromatic heterocycles. The van der Waals surface area contributed by atoms with Gasteiger partial charge >= 0.3 is 0 Å². The van der Waals surface area contributed by atoms with E-state index in [4.69, 9.17) is 9.47 Å². The third-order valence-electron chi connectivity index (χ3n) is 5.26. The Labute approximate surface area is 184 Å². The van der Waals surface area contributed by atoms with Crippen LogP contribution in [0.15, 0.2) is 30.3 Å². The minimum atomic E-state index is -1.29. The quantitative estimate of drug-likeness (QED) is 0.507. The fourth-order valence-corrected chi connectivity index (χ4v) is 3.48. The molecule has 0 aliphatic carbocycles. The zero-order valence-corrected chi connectivity index (χ0v) is 18.0. The summed E-state index contributed by atoms with van der Waals surface area (Å²) < 4.78 is 52.8. The number of amides is 1. The van der Waals surface area contributed by atoms with E-state index < -0.39 is 40.9 Å². The Morgan fingerprint density at radius 1 is 1.16 bits per heavy atom. The van der Waals surface area contributed by atoms with Crippen molar-refractivity contribution in [3.05, 3.63) is 58.9 Å². The highest BCUT2D eigenvalue weighted by Gasteiger charge is 2.44. The van der Waals surface area contributed by atoms with Crippen LogP contribution in [0.25, 0.3) is 0 Å². The second kappa shape index (κ2) is 9.86. The predicted octanol–water partition coefficient (Wildman–Crippen LogP) is 2.55. The van der Waals surface area contributed by atoms with Crippen LogP contribution in [0.2, 0.25) is 0 Å². The molecule has 1 heterocycles. The van der Waals surface area contributed by atoms with Gasteiger partial charge in [-0.3, -0.25) is 4.79 Å². The van der Waals surface area contributed by atoms with Crippen LogP contribution in [0.3, 0.4) is 0 Å². The van der Waals surface area contributed by atoms with Crippen LogP contribution in [-0.2, 0) is 9.47 Å². The zero-order chi connectivity index (χ0) is 23.5. The molecule has 0 atom stereocenters. The smallest absolute Gasteiger partial charge is 0.256 e. The number of aliphatic hydroxyl groups is 1. The van der Waals surface area contributed by atoms with Gasteiger partial charge in [-0.1, -0.05) is 6.07 Å². The summed E-state index contributed by atoms with van der Waals surface area (Å²) in [5.41, 5.74) is -1.26. The summed E-state index contributed by atoms with van der Waals surface area (Å²) in [5.74, 6) is -3.75. The Morgan fingerprint density at radius 3 is 2.47 bits per heavy atom. The van der Waals surface area contributed by atoms with Gasteiger partial charge in [-0.15, -0.1) is 0 Å². The first kappa shape index (κ1) is 24.0. The lowest BCUT2D eigenvalue weighted by atomic mass is 9.92. The van der Waals surface area contributed by atoms with E-state index >= 15 is 0 Å². The fourth-order valence-electron chi connectivity index (χ4n) is 3.48. The summed E-state index contributed by atoms with van der Waals surface area (Å²) in [5, 5.41) is 16.1. The van der Waals surface area contributed by atoms with Crippen molar-refractivity contribution in [3.63, 3.8) is 0 Å². The van der Waals surface area contributed by atoms with Gasteiger partial charge in [0.15, 0.2) is 17.9 Å². The molecule has 0 saturated carbocycles. The highest BCUT2D eigenvalue weighted by Crippen LogP contribution is 2.31. The van der Waals surface area contributed by atoms with Crippen molar-refractivity contribution in [2.45, 2.75) is 18.8 Å². The summed E-state index contributed by atoms with van der Waals surface area (Å²) in [6, 6.07) is 6.19. The topological polar surface area (TPSA) is 83.1 Å². The van der Waals surface area contributed by atoms with Gasteiger partial charge in [0.05, 0.1) is 30.0 Å². The minimum Gasteiger partial charge on any atom is -0.385 e. The van der Waals surface area contributed by atoms with E-state index in [1.807, 2.05) is 0 Å². The Bertz CT molecular complexity index is 979. The molecule has 7 nitrogen and oxygen atoms in total. The number of nitrogens with zero attached hydrogens (tertiary/aromatic N) is 1. The average Bonchev–Trinajstić information content (AvgIpc) is 2.74. The van der Waals surface area contributed by atoms with Gasteiger partial charge in [-0.05, 0) is 36.8 Å². The monoisotopic (exact) mass is 453 g/mol. The van der Waals surface area contributed by atoms with Gasteiger partial charge < -0.3 is 30.1 Å². The molecule has 1 aliphatic heterocycles. The molecule has 1 aliphatic rings. The van der Waals surface area contributed by atoms with Crippen LogP contribution >= 0.6 is 0 Å². The summed E-state index contributed by atoms with van der Waals surface area (Å²) in [6.45, 7) is 2.18. The average molecular weight is 453 g/mol. The SMILES string of the molecule is COC(CNCC1(O)CN(C(=O)c2ccc(F)c(F)c2Nc2ccc(C)cc2F)C1)OC. The first-order valence-corrected chi connectivity index (χ1v) is 9.96. The lowest BCUT2D eigenvalue weighted by Crippen LogP contribution is -2.67. The Morgan fingerprint density at radius 2 is 1.84 bits per heavy atom. The number of carbonyl (C=O) groups is 1. The number of anilines is 2. The largest absolute Gasteiger partial charge is 0.385 e. The maximum atomic E-state index is 14.6. The Hall–Kier alpha value is -2.66. The van der Waals surface area contributed by atoms with Crippen molar-refractivity contribution >= 4 is 17.3 Å². The number of likely N-dealkylation sites (tertiary alicyclic amines) is 1. The number of hydrogen-bond donors (Lipinski definition) is 3. The third-order valence-corrected chi connectivity index (χ3v) is 5.26. The number of aryl methyl sites for hydroxylation is 1. The van der Waals surface area contributed by atoms with Crippen molar-refractivity contribution in [1.82, 2.24) is 10.2 Å². The number of nitrogens with one attached hydrogen (secondary N) is 2. The lowest BCUT2D eigenvalue weighted by molar-refractivity contribution is -0.108. The van der Waals surface area contributed by atoms with E-state index in [0.29, 0.717) is 12.1 Å². The number of carbonyl (C=O) groups excluding carboxylic acids is 1. The van der Waals surface area contributed by atoms with Crippen LogP contribution in [0.4, 0.5) is 24.5 Å². The molecule has 1 amide bonds. The molecule has 3 N–H and O–H groups in total. The third kappa shape index (κ3) is 5.21. The molecule has 1 fully saturated rings. The van der Waals surface area contributed by atoms with Crippen molar-refractivity contribution in [2.75, 3.05) is 45.7 Å². The molecule has 2 aromatic rings. The lowest BCUT2D eigenvalue weighted by Gasteiger charge is -2.46. The van der Waals surface area contributed by atoms with Crippen molar-refractivity contribution < 1.29 is 32.5 Å². The van der Waals surface area contributed by atoms with Crippen LogP contribution in [0.1, 0.15) is 15.9 Å². The molecular formula is C22H26F3N3O4. The minimum absolute atomic E-state index is 0.0131. The summed E-state index contributed by atoms with van der Waals surface area (Å²) >= 11 is 0. The van der Waals surface area contributed by atoms with E-state index in [2.05, 4.69) is 10.6 Å². The molecule has 174 valence electrons. The standard InChI is InChI=1S/C22H26F3N3O4/c1-13-4-7-17(16(24)8-13)27-20-14(5-6-15(23)19(20)25)21(29)28-11-22(30,12-28)10-26-9-18(31-2)32-3/h4-8,18,26-27,30H,9-12H2,1-3H3. The van der Waals surface area contributed by atoms with Gasteiger partial charge in [0, 0.05) is 27.3 Å². The van der Waals surface area contributed by atoms with Gasteiger partial charge in [0.2, 0.25) is 0 Å². The van der Waals surface area contributed by atoms with Crippen molar-refractivity contribution in [2.24, 2.45) is 0 Å². The van der Waals surface area contributed by atoms with Crippen LogP contribution in [0, 0.1) is 24.4 Å². The molecule has 2 aromatic carbocycles. The van der Waals surface area contributed by atoms with E-state index in [0.717, 1.165) is 12.1 Å². The maximum absolute atomic E-state index is 14.6.